The Morgan fingerprint density at radius 2 is 1.93 bits per heavy atom. The molecule has 0 saturated heterocycles. The number of furan rings is 1. The number of aliphatic hydroxyl groups excluding tert-OH is 2. The van der Waals surface area contributed by atoms with Crippen LogP contribution in [0, 0.1) is 5.92 Å². The summed E-state index contributed by atoms with van der Waals surface area (Å²) in [5, 5.41) is 21.4. The summed E-state index contributed by atoms with van der Waals surface area (Å²) in [6.45, 7) is 11.3. The quantitative estimate of drug-likeness (QED) is 0.603. The van der Waals surface area contributed by atoms with Crippen molar-refractivity contribution in [2.45, 2.75) is 44.5 Å². The van der Waals surface area contributed by atoms with E-state index in [1.165, 1.54) is 13.2 Å². The van der Waals surface area contributed by atoms with Crippen LogP contribution in [0.5, 0.6) is 0 Å². The first-order chi connectivity index (χ1) is 13.1. The second-order valence-corrected chi connectivity index (χ2v) is 7.39. The number of carbonyl (C=O) groups is 2. The van der Waals surface area contributed by atoms with Crippen LogP contribution < -0.4 is 0 Å². The Morgan fingerprint density at radius 3 is 2.50 bits per heavy atom. The number of hydrogen-bond acceptors (Lipinski definition) is 7. The lowest BCUT2D eigenvalue weighted by Gasteiger charge is -2.27. The third kappa shape index (κ3) is 3.31. The zero-order valence-electron chi connectivity index (χ0n) is 16.1. The van der Waals surface area contributed by atoms with Crippen molar-refractivity contribution in [3.8, 4) is 0 Å². The first-order valence-electron chi connectivity index (χ1n) is 8.96. The van der Waals surface area contributed by atoms with E-state index in [-0.39, 0.29) is 17.6 Å². The van der Waals surface area contributed by atoms with Crippen molar-refractivity contribution in [3.63, 3.8) is 0 Å². The highest BCUT2D eigenvalue weighted by Crippen LogP contribution is 2.39. The predicted octanol–water partition coefficient (Wildman–Crippen LogP) is 2.05. The van der Waals surface area contributed by atoms with E-state index in [1.54, 1.807) is 19.9 Å². The molecule has 1 aromatic heterocycles. The van der Waals surface area contributed by atoms with E-state index in [0.29, 0.717) is 22.7 Å². The van der Waals surface area contributed by atoms with Gasteiger partial charge in [-0.1, -0.05) is 24.3 Å². The van der Waals surface area contributed by atoms with Crippen molar-refractivity contribution < 1.29 is 33.7 Å². The molecular weight excluding hydrogens is 364 g/mol. The van der Waals surface area contributed by atoms with Gasteiger partial charge >= 0.3 is 11.9 Å². The monoisotopic (exact) mass is 388 g/mol. The molecule has 0 fully saturated rings. The van der Waals surface area contributed by atoms with Crippen molar-refractivity contribution in [1.82, 2.24) is 0 Å². The van der Waals surface area contributed by atoms with Crippen LogP contribution in [0.1, 0.15) is 41.6 Å². The van der Waals surface area contributed by atoms with E-state index < -0.39 is 42.1 Å². The van der Waals surface area contributed by atoms with Crippen molar-refractivity contribution in [2.75, 3.05) is 7.11 Å². The number of hydrogen-bond donors (Lipinski definition) is 2. The maximum atomic E-state index is 12.3. The molecule has 0 saturated carbocycles. The average molecular weight is 388 g/mol. The van der Waals surface area contributed by atoms with Gasteiger partial charge in [-0.2, -0.15) is 0 Å². The van der Waals surface area contributed by atoms with E-state index in [4.69, 9.17) is 13.9 Å². The van der Waals surface area contributed by atoms with Crippen molar-refractivity contribution in [1.29, 1.82) is 0 Å². The third-order valence-corrected chi connectivity index (χ3v) is 5.31. The second-order valence-electron chi connectivity index (χ2n) is 7.39. The van der Waals surface area contributed by atoms with Crippen molar-refractivity contribution in [3.05, 3.63) is 59.1 Å². The van der Waals surface area contributed by atoms with Crippen LogP contribution in [0.15, 0.2) is 46.4 Å². The van der Waals surface area contributed by atoms with Gasteiger partial charge in [0.25, 0.3) is 0 Å². The van der Waals surface area contributed by atoms with Gasteiger partial charge in [-0.05, 0) is 26.0 Å². The van der Waals surface area contributed by atoms with Crippen LogP contribution in [0.3, 0.4) is 0 Å². The van der Waals surface area contributed by atoms with Crippen LogP contribution in [0.2, 0.25) is 0 Å². The molecule has 0 aromatic carbocycles. The SMILES string of the molecule is C=C(C)C1Cc2oc(cc2C(=O)OC)[C@H](C(=C)C)[C@H]2C=C(C(=O)O2)[C@H](O)[C@@H]1O. The Labute approximate surface area is 162 Å². The molecule has 5 atom stereocenters. The van der Waals surface area contributed by atoms with E-state index in [9.17, 15) is 19.8 Å². The van der Waals surface area contributed by atoms with Crippen LogP contribution in [0.25, 0.3) is 0 Å². The van der Waals surface area contributed by atoms with Gasteiger partial charge in [-0.3, -0.25) is 0 Å². The molecule has 4 bridgehead atoms. The summed E-state index contributed by atoms with van der Waals surface area (Å²) in [6.07, 6.45) is -1.98. The fourth-order valence-corrected chi connectivity index (χ4v) is 3.77. The predicted molar refractivity (Wildman–Crippen MR) is 99.6 cm³/mol. The van der Waals surface area contributed by atoms with E-state index >= 15 is 0 Å². The van der Waals surface area contributed by atoms with Crippen molar-refractivity contribution >= 4 is 11.9 Å². The standard InChI is InChI=1S/C21H24O7/c1-9(2)11-6-14-12(20(24)26-5)7-15(27-14)17(10(3)4)16-8-13(21(25)28-16)19(23)18(11)22/h7-8,11,16-19,22-23H,1,3,6H2,2,4-5H3/t11?,16-,17+,18-,19+/m1/s1. The minimum Gasteiger partial charge on any atom is -0.465 e. The van der Waals surface area contributed by atoms with E-state index in [1.807, 2.05) is 0 Å². The lowest BCUT2D eigenvalue weighted by molar-refractivity contribution is -0.142. The van der Waals surface area contributed by atoms with E-state index in [0.717, 1.165) is 0 Å². The zero-order chi connectivity index (χ0) is 20.7. The van der Waals surface area contributed by atoms with Crippen LogP contribution in [0.4, 0.5) is 0 Å². The fourth-order valence-electron chi connectivity index (χ4n) is 3.77. The molecule has 2 N–H and O–H groups in total. The number of ether oxygens (including phenoxy) is 2. The van der Waals surface area contributed by atoms with Gasteiger partial charge in [0.15, 0.2) is 0 Å². The first-order valence-corrected chi connectivity index (χ1v) is 8.96. The molecule has 1 aromatic rings. The molecule has 7 heteroatoms. The molecule has 3 heterocycles. The summed E-state index contributed by atoms with van der Waals surface area (Å²) in [6, 6.07) is 1.56. The Morgan fingerprint density at radius 1 is 1.25 bits per heavy atom. The Kier molecular flexibility index (Phi) is 5.32. The molecule has 0 aliphatic carbocycles. The van der Waals surface area contributed by atoms with Gasteiger partial charge in [0.1, 0.15) is 29.3 Å². The molecule has 0 amide bonds. The average Bonchev–Trinajstić information content (AvgIpc) is 3.20. The van der Waals surface area contributed by atoms with Gasteiger partial charge in [-0.25, -0.2) is 9.59 Å². The summed E-state index contributed by atoms with van der Waals surface area (Å²) < 4.78 is 16.2. The van der Waals surface area contributed by atoms with Gasteiger partial charge in [-0.15, -0.1) is 0 Å². The molecule has 150 valence electrons. The summed E-state index contributed by atoms with van der Waals surface area (Å²) in [5.74, 6) is -1.80. The van der Waals surface area contributed by atoms with Crippen molar-refractivity contribution in [2.24, 2.45) is 5.92 Å². The van der Waals surface area contributed by atoms with Gasteiger partial charge in [0, 0.05) is 12.3 Å². The minimum absolute atomic E-state index is 0.00413. The molecule has 0 radical (unpaired) electrons. The maximum Gasteiger partial charge on any atom is 0.341 e. The largest absolute Gasteiger partial charge is 0.465 e. The number of carbonyl (C=O) groups excluding carboxylic acids is 2. The first kappa shape index (κ1) is 20.1. The molecule has 2 aliphatic heterocycles. The van der Waals surface area contributed by atoms with Crippen LogP contribution >= 0.6 is 0 Å². The molecule has 0 spiro atoms. The van der Waals surface area contributed by atoms with Crippen LogP contribution in [-0.4, -0.2) is 47.6 Å². The number of rotatable bonds is 3. The highest BCUT2D eigenvalue weighted by molar-refractivity contribution is 5.93. The van der Waals surface area contributed by atoms with Gasteiger partial charge in [0.2, 0.25) is 0 Å². The van der Waals surface area contributed by atoms with Crippen LogP contribution in [-0.2, 0) is 20.7 Å². The normalized spacial score (nSPS) is 29.4. The topological polar surface area (TPSA) is 106 Å². The third-order valence-electron chi connectivity index (χ3n) is 5.31. The van der Waals surface area contributed by atoms with Gasteiger partial charge < -0.3 is 24.1 Å². The van der Waals surface area contributed by atoms with Gasteiger partial charge in [0.05, 0.1) is 24.7 Å². The summed E-state index contributed by atoms with van der Waals surface area (Å²) in [5.41, 5.74) is 1.43. The number of aliphatic hydroxyl groups is 2. The fraction of sp³-hybridized carbons (Fsp3) is 0.429. The number of methoxy groups -OCH3 is 1. The Hall–Kier alpha value is -2.64. The molecular formula is C21H24O7. The number of esters is 2. The minimum atomic E-state index is -1.46. The number of fused-ring (bicyclic) bond motifs is 3. The Balaban J connectivity index is 2.22. The van der Waals surface area contributed by atoms with E-state index in [2.05, 4.69) is 13.2 Å². The smallest absolute Gasteiger partial charge is 0.341 e. The zero-order valence-corrected chi connectivity index (χ0v) is 16.1. The molecule has 1 unspecified atom stereocenters. The molecule has 3 rings (SSSR count). The highest BCUT2D eigenvalue weighted by Gasteiger charge is 2.43. The summed E-state index contributed by atoms with van der Waals surface area (Å²) >= 11 is 0. The molecule has 7 nitrogen and oxygen atoms in total. The summed E-state index contributed by atoms with van der Waals surface area (Å²) in [7, 11) is 1.26. The Bertz CT molecular complexity index is 875. The summed E-state index contributed by atoms with van der Waals surface area (Å²) in [4.78, 5) is 24.6. The lowest BCUT2D eigenvalue weighted by Crippen LogP contribution is -2.38. The highest BCUT2D eigenvalue weighted by atomic mass is 16.6. The maximum absolute atomic E-state index is 12.3. The molecule has 2 aliphatic rings. The molecule has 28 heavy (non-hydrogen) atoms. The second kappa shape index (κ2) is 7.41. The lowest BCUT2D eigenvalue weighted by atomic mass is 9.84.